The number of nitrogens with two attached hydrogens (primary N) is 1. The molecule has 13 atom stereocenters. The summed E-state index contributed by atoms with van der Waals surface area (Å²) in [5.74, 6) is -14.9. The van der Waals surface area contributed by atoms with Gasteiger partial charge < -0.3 is 77.6 Å². The molecule has 9 amide bonds. The molecule has 6 rings (SSSR count). The molecule has 1 aromatic heterocycles. The maximum Gasteiger partial charge on any atom is 0.304 e. The molecule has 2 saturated heterocycles. The number of hydrogen-bond acceptors (Lipinski definition) is 18. The van der Waals surface area contributed by atoms with Crippen LogP contribution in [0.2, 0.25) is 0 Å². The number of unbranched alkanes of at least 4 members (excludes halogenated alkanes) is 2. The van der Waals surface area contributed by atoms with E-state index in [0.29, 0.717) is 74.0 Å². The Morgan fingerprint density at radius 3 is 2.32 bits per heavy atom. The van der Waals surface area contributed by atoms with Gasteiger partial charge in [0, 0.05) is 97.5 Å². The maximum atomic E-state index is 15.4. The molecular weight excluding hydrogens is 1190 g/mol. The number of methoxy groups -OCH3 is 1. The van der Waals surface area contributed by atoms with Crippen LogP contribution in [0.5, 0.6) is 5.75 Å². The molecule has 2 unspecified atom stereocenters. The molecule has 0 radical (unpaired) electrons. The van der Waals surface area contributed by atoms with E-state index in [1.165, 1.54) is 32.7 Å². The van der Waals surface area contributed by atoms with E-state index in [4.69, 9.17) is 15.6 Å². The predicted octanol–water partition coefficient (Wildman–Crippen LogP) is -1.81. The minimum Gasteiger partial charge on any atom is -0.496 e. The summed E-state index contributed by atoms with van der Waals surface area (Å²) in [4.78, 5) is 170. The molecule has 0 aliphatic carbocycles. The monoisotopic (exact) mass is 1270 g/mol. The van der Waals surface area contributed by atoms with Crippen molar-refractivity contribution in [3.8, 4) is 5.75 Å². The number of Topliss-reactive ketones (excluding diaryl/α,β-unsaturated/α-hetero) is 2. The minimum atomic E-state index is -2.43. The topological polar surface area (TPSA) is 433 Å². The van der Waals surface area contributed by atoms with Gasteiger partial charge in [0.15, 0.2) is 11.6 Å². The number of ether oxygens (including phenoxy) is 1. The number of aliphatic hydroxyl groups is 3. The van der Waals surface area contributed by atoms with E-state index in [-0.39, 0.29) is 46.2 Å². The minimum absolute atomic E-state index is 0.0454. The number of aromatic amines is 1. The number of fused-ring (bicyclic) bond motifs is 5. The summed E-state index contributed by atoms with van der Waals surface area (Å²) < 4.78 is 21.3. The number of benzene rings is 1. The van der Waals surface area contributed by atoms with Crippen LogP contribution in [0.25, 0.3) is 10.9 Å². The molecule has 486 valence electrons. The highest BCUT2D eigenvalue weighted by Crippen LogP contribution is 2.39. The Kier molecular flexibility index (Phi) is 25.8. The van der Waals surface area contributed by atoms with Crippen LogP contribution in [0.4, 0.5) is 0 Å². The lowest BCUT2D eigenvalue weighted by Crippen LogP contribution is -2.60. The lowest BCUT2D eigenvalue weighted by atomic mass is 9.85. The van der Waals surface area contributed by atoms with Gasteiger partial charge in [-0.25, -0.2) is 0 Å². The van der Waals surface area contributed by atoms with Crippen molar-refractivity contribution in [2.24, 2.45) is 35.3 Å². The van der Waals surface area contributed by atoms with Gasteiger partial charge in [-0.3, -0.25) is 61.7 Å². The maximum absolute atomic E-state index is 15.4. The van der Waals surface area contributed by atoms with Crippen molar-refractivity contribution in [3.63, 3.8) is 0 Å². The number of primary amides is 1. The number of amides is 9. The Hall–Kier alpha value is -7.02. The standard InChI is InChI=1S/C58H84N10O18S2/c1-6-29(2)37-19-33(70)22-61-53(80)32-17-38-36-11-12-45(86-5)39(27-87-35-13-15-67(25-35)48(76)10-8-7-9-14-60-52(79)30(3)16-49(77)78)51(36)66-57(38)88(85)28-41(63-47(75)23-62-54(37)81)55(82)64-40(21-46(59)74)58(84)68-24-34(71)20-42(68)56(83)65-50(43(72)18-32)31(4)44(73)26-69/h11-12,29-32,34-35,37,40-42,44,50,66,69,71,73H,6-10,13-28H2,1-5H3,(H2,59,74)(H,60,79)(H,61,80)(H,62,81)(H,63,75)(H,64,82)(H,65,83)(H,77,78)/t29-,30?,31-,32+,34+,35+,37-,40-,41-,42-,44-,50-,88?/m0/s1. The van der Waals surface area contributed by atoms with Crippen molar-refractivity contribution in [2.45, 2.75) is 157 Å². The number of rotatable bonds is 20. The number of carboxylic acid groups (broad SMARTS) is 1. The second-order valence-electron chi connectivity index (χ2n) is 23.4. The molecule has 4 aliphatic heterocycles. The van der Waals surface area contributed by atoms with Crippen molar-refractivity contribution in [3.05, 3.63) is 23.3 Å². The Bertz CT molecular complexity index is 2980. The van der Waals surface area contributed by atoms with Gasteiger partial charge in [-0.15, -0.1) is 0 Å². The molecular formula is C58H84N10O18S2. The molecule has 2 bridgehead atoms. The largest absolute Gasteiger partial charge is 0.496 e. The van der Waals surface area contributed by atoms with Gasteiger partial charge in [0.1, 0.15) is 28.9 Å². The van der Waals surface area contributed by atoms with Gasteiger partial charge >= 0.3 is 5.97 Å². The zero-order valence-corrected chi connectivity index (χ0v) is 51.9. The van der Waals surface area contributed by atoms with Crippen LogP contribution in [0.1, 0.15) is 109 Å². The van der Waals surface area contributed by atoms with Gasteiger partial charge in [0.25, 0.3) is 0 Å². The van der Waals surface area contributed by atoms with Gasteiger partial charge in [-0.05, 0) is 49.3 Å². The molecule has 30 heteroatoms. The molecule has 0 spiro atoms. The first-order chi connectivity index (χ1) is 41.7. The number of aliphatic hydroxyl groups excluding tert-OH is 3. The van der Waals surface area contributed by atoms with E-state index in [2.05, 4.69) is 36.9 Å². The Morgan fingerprint density at radius 1 is 0.909 bits per heavy atom. The fourth-order valence-corrected chi connectivity index (χ4v) is 14.1. The highest BCUT2D eigenvalue weighted by atomic mass is 32.2. The average molecular weight is 1270 g/mol. The van der Waals surface area contributed by atoms with Crippen molar-refractivity contribution < 1.29 is 86.9 Å². The third-order valence-corrected chi connectivity index (χ3v) is 19.6. The number of H-pyrrole nitrogens is 1. The second-order valence-corrected chi connectivity index (χ2v) is 26.1. The molecule has 13 N–H and O–H groups in total. The number of nitrogens with one attached hydrogen (secondary N) is 7. The Balaban J connectivity index is 1.42. The fourth-order valence-electron chi connectivity index (χ4n) is 11.5. The number of thioether (sulfide) groups is 1. The van der Waals surface area contributed by atoms with E-state index in [9.17, 15) is 68.1 Å². The Morgan fingerprint density at radius 2 is 1.64 bits per heavy atom. The van der Waals surface area contributed by atoms with Gasteiger partial charge in [0.2, 0.25) is 53.2 Å². The van der Waals surface area contributed by atoms with Crippen LogP contribution < -0.4 is 42.4 Å². The summed E-state index contributed by atoms with van der Waals surface area (Å²) in [6.07, 6.45) is -2.99. The number of nitrogens with zero attached hydrogens (tertiary/aromatic N) is 2. The van der Waals surface area contributed by atoms with Crippen molar-refractivity contribution in [2.75, 3.05) is 58.7 Å². The molecule has 1 aromatic carbocycles. The van der Waals surface area contributed by atoms with E-state index in [1.807, 2.05) is 0 Å². The third-order valence-electron chi connectivity index (χ3n) is 16.9. The summed E-state index contributed by atoms with van der Waals surface area (Å²) in [5, 5.41) is 56.6. The van der Waals surface area contributed by atoms with E-state index in [0.717, 1.165) is 4.90 Å². The highest BCUT2D eigenvalue weighted by Gasteiger charge is 2.45. The summed E-state index contributed by atoms with van der Waals surface area (Å²) in [7, 11) is -0.990. The fraction of sp³-hybridized carbons (Fsp3) is 0.655. The zero-order valence-electron chi connectivity index (χ0n) is 50.2. The number of carbonyl (C=O) groups is 12. The van der Waals surface area contributed by atoms with E-state index >= 15 is 9.00 Å². The molecule has 88 heavy (non-hydrogen) atoms. The number of carbonyl (C=O) groups excluding carboxylic acids is 11. The van der Waals surface area contributed by atoms with Crippen molar-refractivity contribution in [1.29, 1.82) is 0 Å². The molecule has 2 aromatic rings. The number of ketones is 2. The summed E-state index contributed by atoms with van der Waals surface area (Å²) in [6.45, 7) is 4.85. The summed E-state index contributed by atoms with van der Waals surface area (Å²) >= 11 is 1.51. The van der Waals surface area contributed by atoms with Gasteiger partial charge in [0.05, 0.1) is 80.0 Å². The van der Waals surface area contributed by atoms with Crippen LogP contribution in [-0.2, 0) is 80.5 Å². The first-order valence-corrected chi connectivity index (χ1v) is 32.1. The third kappa shape index (κ3) is 18.5. The quantitative estimate of drug-likeness (QED) is 0.0650. The van der Waals surface area contributed by atoms with Crippen molar-refractivity contribution in [1.82, 2.24) is 46.7 Å². The van der Waals surface area contributed by atoms with Crippen LogP contribution in [0.15, 0.2) is 17.2 Å². The molecule has 28 nitrogen and oxygen atoms in total. The van der Waals surface area contributed by atoms with Gasteiger partial charge in [-0.1, -0.05) is 40.5 Å². The lowest BCUT2D eigenvalue weighted by Gasteiger charge is -2.32. The zero-order chi connectivity index (χ0) is 64.7. The average Bonchev–Trinajstić information content (AvgIpc) is 1.66. The Labute approximate surface area is 515 Å². The van der Waals surface area contributed by atoms with Crippen LogP contribution in [0, 0.1) is 29.6 Å². The summed E-state index contributed by atoms with van der Waals surface area (Å²) in [5.41, 5.74) is 6.68. The smallest absolute Gasteiger partial charge is 0.304 e. The molecule has 2 fully saturated rings. The summed E-state index contributed by atoms with van der Waals surface area (Å²) in [6, 6.07) is -3.71. The first-order valence-electron chi connectivity index (χ1n) is 29.8. The first kappa shape index (κ1) is 70.1. The van der Waals surface area contributed by atoms with Crippen LogP contribution >= 0.6 is 11.8 Å². The number of aromatic nitrogens is 1. The number of carboxylic acids is 1. The number of aliphatic carboxylic acids is 1. The van der Waals surface area contributed by atoms with Gasteiger partial charge in [-0.2, -0.15) is 11.8 Å². The van der Waals surface area contributed by atoms with Crippen LogP contribution in [-0.4, -0.2) is 210 Å². The molecule has 5 heterocycles. The number of likely N-dealkylation sites (tertiary alicyclic amines) is 1. The lowest BCUT2D eigenvalue weighted by molar-refractivity contribution is -0.144. The SMILES string of the molecule is CC[C@H](C)[C@@H]1CC(=O)CNC(=O)[C@H]2CC(=O)[C@H]([C@@H](C)[C@@H](O)CO)NC(=O)[C@@H]3C[C@@H](O)CN3C(=O)[C@H](CC(N)=O)NC(=O)[C@H](CS(=O)c3[nH]c4c(CS[C@@H]5CCN(C(=O)CCCCCNC(=O)C(C)CC(=O)O)C5)c(OC)ccc4c3C2)NC(=O)CNC1=O. The normalized spacial score (nSPS) is 26.1. The van der Waals surface area contributed by atoms with E-state index in [1.54, 1.807) is 30.9 Å². The van der Waals surface area contributed by atoms with Crippen LogP contribution in [0.3, 0.4) is 0 Å². The predicted molar refractivity (Wildman–Crippen MR) is 319 cm³/mol. The number of hydrogen-bond donors (Lipinski definition) is 12. The van der Waals surface area contributed by atoms with Crippen molar-refractivity contribution >= 4 is 104 Å². The highest BCUT2D eigenvalue weighted by molar-refractivity contribution is 7.99. The molecule has 4 aliphatic rings. The molecule has 0 saturated carbocycles. The second kappa shape index (κ2) is 32.5. The van der Waals surface area contributed by atoms with E-state index < -0.39 is 200 Å².